The van der Waals surface area contributed by atoms with E-state index < -0.39 is 37.0 Å². The molecule has 0 aromatic rings. The Morgan fingerprint density at radius 1 is 1.24 bits per heavy atom. The van der Waals surface area contributed by atoms with Crippen LogP contribution in [0.4, 0.5) is 0 Å². The molecule has 17 heavy (non-hydrogen) atoms. The van der Waals surface area contributed by atoms with Crippen molar-refractivity contribution in [3.63, 3.8) is 0 Å². The summed E-state index contributed by atoms with van der Waals surface area (Å²) in [5.74, 6) is -3.58. The van der Waals surface area contributed by atoms with Crippen molar-refractivity contribution in [2.75, 3.05) is 13.1 Å². The largest absolute Gasteiger partial charge is 0.480 e. The molecular weight excluding hydrogens is 232 g/mol. The highest BCUT2D eigenvalue weighted by Crippen LogP contribution is 2.09. The summed E-state index contributed by atoms with van der Waals surface area (Å²) in [5, 5.41) is 19.5. The highest BCUT2D eigenvalue weighted by Gasteiger charge is 2.32. The average molecular weight is 244 g/mol. The van der Waals surface area contributed by atoms with E-state index in [4.69, 9.17) is 10.2 Å². The lowest BCUT2D eigenvalue weighted by Crippen LogP contribution is -2.48. The summed E-state index contributed by atoms with van der Waals surface area (Å²) in [5.41, 5.74) is 0. The van der Waals surface area contributed by atoms with Crippen molar-refractivity contribution in [2.24, 2.45) is 0 Å². The third-order valence-corrected chi connectivity index (χ3v) is 2.26. The van der Waals surface area contributed by atoms with Crippen molar-refractivity contribution in [3.05, 3.63) is 0 Å². The van der Waals surface area contributed by atoms with Crippen molar-refractivity contribution in [3.8, 4) is 0 Å². The average Bonchev–Trinajstić information content (AvgIpc) is 2.61. The molecule has 1 unspecified atom stereocenters. The first kappa shape index (κ1) is 12.9. The van der Waals surface area contributed by atoms with Crippen LogP contribution in [-0.2, 0) is 19.2 Å². The molecule has 1 saturated heterocycles. The molecule has 0 bridgehead atoms. The molecule has 0 saturated carbocycles. The number of hydrogen-bond donors (Lipinski definition) is 3. The van der Waals surface area contributed by atoms with Gasteiger partial charge in [0.1, 0.15) is 19.1 Å². The van der Waals surface area contributed by atoms with E-state index in [1.807, 2.05) is 0 Å². The van der Waals surface area contributed by atoms with E-state index in [0.717, 1.165) is 0 Å². The molecule has 1 rings (SSSR count). The number of carboxylic acids is 2. The summed E-state index contributed by atoms with van der Waals surface area (Å²) in [4.78, 5) is 44.4. The van der Waals surface area contributed by atoms with Crippen LogP contribution in [0.2, 0.25) is 0 Å². The zero-order chi connectivity index (χ0) is 13.0. The van der Waals surface area contributed by atoms with Gasteiger partial charge in [0.2, 0.25) is 11.8 Å². The zero-order valence-electron chi connectivity index (χ0n) is 8.88. The van der Waals surface area contributed by atoms with Crippen LogP contribution in [0.15, 0.2) is 0 Å². The van der Waals surface area contributed by atoms with E-state index in [-0.39, 0.29) is 18.7 Å². The summed E-state index contributed by atoms with van der Waals surface area (Å²) in [6.45, 7) is -1.39. The van der Waals surface area contributed by atoms with Gasteiger partial charge in [-0.2, -0.15) is 0 Å². The molecule has 0 spiro atoms. The number of nitrogens with one attached hydrogen (secondary N) is 1. The number of carbonyl (C=O) groups excluding carboxylic acids is 2. The maximum atomic E-state index is 11.7. The topological polar surface area (TPSA) is 124 Å². The van der Waals surface area contributed by atoms with Crippen molar-refractivity contribution in [1.29, 1.82) is 0 Å². The molecule has 8 nitrogen and oxygen atoms in total. The number of hydrogen-bond acceptors (Lipinski definition) is 4. The Hall–Kier alpha value is -2.12. The lowest BCUT2D eigenvalue weighted by Gasteiger charge is -2.21. The van der Waals surface area contributed by atoms with Crippen LogP contribution in [0.1, 0.15) is 12.8 Å². The molecule has 0 aromatic carbocycles. The van der Waals surface area contributed by atoms with E-state index in [9.17, 15) is 19.2 Å². The fourth-order valence-electron chi connectivity index (χ4n) is 1.56. The van der Waals surface area contributed by atoms with Gasteiger partial charge in [0.05, 0.1) is 0 Å². The minimum atomic E-state index is -1.30. The maximum absolute atomic E-state index is 11.7. The Morgan fingerprint density at radius 2 is 1.76 bits per heavy atom. The highest BCUT2D eigenvalue weighted by molar-refractivity contribution is 5.93. The predicted octanol–water partition coefficient (Wildman–Crippen LogP) is -1.74. The Balaban J connectivity index is 2.67. The SMILES string of the molecule is O=C(O)CN(CC(=O)O)C(=O)C1CCC(=O)N1. The summed E-state index contributed by atoms with van der Waals surface area (Å²) in [6.07, 6.45) is 0.442. The van der Waals surface area contributed by atoms with E-state index >= 15 is 0 Å². The Bertz CT molecular complexity index is 350. The molecule has 1 atom stereocenters. The van der Waals surface area contributed by atoms with Crippen LogP contribution >= 0.6 is 0 Å². The molecule has 0 radical (unpaired) electrons. The Morgan fingerprint density at radius 3 is 2.12 bits per heavy atom. The van der Waals surface area contributed by atoms with Gasteiger partial charge in [-0.15, -0.1) is 0 Å². The van der Waals surface area contributed by atoms with Gasteiger partial charge in [-0.1, -0.05) is 0 Å². The fraction of sp³-hybridized carbons (Fsp3) is 0.556. The number of nitrogens with zero attached hydrogens (tertiary/aromatic N) is 1. The Kier molecular flexibility index (Phi) is 4.02. The van der Waals surface area contributed by atoms with Crippen molar-refractivity contribution >= 4 is 23.8 Å². The second kappa shape index (κ2) is 5.28. The second-order valence-electron chi connectivity index (χ2n) is 3.64. The van der Waals surface area contributed by atoms with Crippen molar-refractivity contribution < 1.29 is 29.4 Å². The summed E-state index contributed by atoms with van der Waals surface area (Å²) >= 11 is 0. The molecule has 1 aliphatic rings. The summed E-state index contributed by atoms with van der Waals surface area (Å²) < 4.78 is 0. The van der Waals surface area contributed by atoms with E-state index in [1.54, 1.807) is 0 Å². The van der Waals surface area contributed by atoms with Crippen molar-refractivity contribution in [1.82, 2.24) is 10.2 Å². The maximum Gasteiger partial charge on any atom is 0.323 e. The molecule has 94 valence electrons. The molecule has 8 heteroatoms. The predicted molar refractivity (Wildman–Crippen MR) is 53.0 cm³/mol. The first-order chi connectivity index (χ1) is 7.90. The number of carbonyl (C=O) groups is 4. The standard InChI is InChI=1S/C9H12N2O6/c12-6-2-1-5(10-6)9(17)11(3-7(13)14)4-8(15)16/h5H,1-4H2,(H,10,12)(H,13,14)(H,15,16). The third-order valence-electron chi connectivity index (χ3n) is 2.26. The lowest BCUT2D eigenvalue weighted by atomic mass is 10.2. The smallest absolute Gasteiger partial charge is 0.323 e. The second-order valence-corrected chi connectivity index (χ2v) is 3.64. The minimum absolute atomic E-state index is 0.185. The molecule has 3 N–H and O–H groups in total. The van der Waals surface area contributed by atoms with Gasteiger partial charge in [-0.25, -0.2) is 0 Å². The van der Waals surface area contributed by atoms with Gasteiger partial charge in [-0.3, -0.25) is 19.2 Å². The Labute approximate surface area is 96.2 Å². The molecule has 0 aliphatic carbocycles. The lowest BCUT2D eigenvalue weighted by molar-refractivity contribution is -0.150. The van der Waals surface area contributed by atoms with Gasteiger partial charge in [0, 0.05) is 6.42 Å². The minimum Gasteiger partial charge on any atom is -0.480 e. The van der Waals surface area contributed by atoms with Crippen LogP contribution < -0.4 is 5.32 Å². The molecule has 2 amide bonds. The molecule has 1 fully saturated rings. The number of aliphatic carboxylic acids is 2. The highest BCUT2D eigenvalue weighted by atomic mass is 16.4. The number of amides is 2. The number of rotatable bonds is 5. The van der Waals surface area contributed by atoms with E-state index in [1.165, 1.54) is 0 Å². The van der Waals surface area contributed by atoms with Crippen LogP contribution in [0.25, 0.3) is 0 Å². The molecule has 1 aliphatic heterocycles. The quantitative estimate of drug-likeness (QED) is 0.527. The van der Waals surface area contributed by atoms with Crippen LogP contribution in [0.5, 0.6) is 0 Å². The van der Waals surface area contributed by atoms with Gasteiger partial charge in [0.15, 0.2) is 0 Å². The van der Waals surface area contributed by atoms with Crippen LogP contribution in [0.3, 0.4) is 0 Å². The normalized spacial score (nSPS) is 18.6. The van der Waals surface area contributed by atoms with Gasteiger partial charge < -0.3 is 20.4 Å². The van der Waals surface area contributed by atoms with Crippen molar-refractivity contribution in [2.45, 2.75) is 18.9 Å². The first-order valence-electron chi connectivity index (χ1n) is 4.92. The zero-order valence-corrected chi connectivity index (χ0v) is 8.88. The summed E-state index contributed by atoms with van der Waals surface area (Å²) in [6, 6.07) is -0.818. The van der Waals surface area contributed by atoms with Gasteiger partial charge in [-0.05, 0) is 6.42 Å². The van der Waals surface area contributed by atoms with Crippen LogP contribution in [0, 0.1) is 0 Å². The summed E-state index contributed by atoms with van der Waals surface area (Å²) in [7, 11) is 0. The number of carboxylic acid groups (broad SMARTS) is 2. The fourth-order valence-corrected chi connectivity index (χ4v) is 1.56. The monoisotopic (exact) mass is 244 g/mol. The molecule has 1 heterocycles. The van der Waals surface area contributed by atoms with Crippen LogP contribution in [-0.4, -0.2) is 58.0 Å². The van der Waals surface area contributed by atoms with Gasteiger partial charge >= 0.3 is 11.9 Å². The third kappa shape index (κ3) is 3.74. The van der Waals surface area contributed by atoms with E-state index in [2.05, 4.69) is 5.32 Å². The first-order valence-corrected chi connectivity index (χ1v) is 4.92. The molecule has 0 aromatic heterocycles. The van der Waals surface area contributed by atoms with E-state index in [0.29, 0.717) is 4.90 Å². The van der Waals surface area contributed by atoms with Gasteiger partial charge in [0.25, 0.3) is 0 Å². The molecular formula is C9H12N2O6.